The summed E-state index contributed by atoms with van der Waals surface area (Å²) in [5, 5.41) is 0.716. The van der Waals surface area contributed by atoms with Gasteiger partial charge in [-0.2, -0.15) is 0 Å². The first-order chi connectivity index (χ1) is 11.1. The van der Waals surface area contributed by atoms with Gasteiger partial charge in [-0.1, -0.05) is 19.1 Å². The Morgan fingerprint density at radius 1 is 1.26 bits per heavy atom. The monoisotopic (exact) mass is 328 g/mol. The number of rotatable bonds is 5. The molecular formula is C18H20N2O2S. The van der Waals surface area contributed by atoms with Crippen LogP contribution in [0.3, 0.4) is 0 Å². The molecule has 3 rings (SSSR count). The highest BCUT2D eigenvalue weighted by molar-refractivity contribution is 7.18. The van der Waals surface area contributed by atoms with Crippen molar-refractivity contribution in [3.05, 3.63) is 57.0 Å². The molecule has 0 saturated carbocycles. The number of aromatic nitrogens is 2. The zero-order chi connectivity index (χ0) is 16.4. The Morgan fingerprint density at radius 3 is 2.83 bits per heavy atom. The molecule has 0 radical (unpaired) electrons. The Balaban J connectivity index is 1.81. The van der Waals surface area contributed by atoms with E-state index in [1.54, 1.807) is 15.9 Å². The van der Waals surface area contributed by atoms with Gasteiger partial charge in [-0.3, -0.25) is 9.36 Å². The number of aryl methyl sites for hydroxylation is 3. The summed E-state index contributed by atoms with van der Waals surface area (Å²) in [5.41, 5.74) is 1.18. The van der Waals surface area contributed by atoms with Crippen molar-refractivity contribution in [1.29, 1.82) is 0 Å². The van der Waals surface area contributed by atoms with Gasteiger partial charge in [0.05, 0.1) is 11.9 Å². The van der Waals surface area contributed by atoms with Crippen LogP contribution in [0.25, 0.3) is 10.2 Å². The maximum Gasteiger partial charge on any atom is 0.262 e. The lowest BCUT2D eigenvalue weighted by molar-refractivity contribution is 0.294. The van der Waals surface area contributed by atoms with Crippen molar-refractivity contribution in [2.24, 2.45) is 0 Å². The van der Waals surface area contributed by atoms with Crippen molar-refractivity contribution in [3.8, 4) is 5.75 Å². The van der Waals surface area contributed by atoms with Crippen molar-refractivity contribution in [2.75, 3.05) is 6.61 Å². The van der Waals surface area contributed by atoms with Gasteiger partial charge in [0.25, 0.3) is 5.56 Å². The molecule has 0 aliphatic rings. The van der Waals surface area contributed by atoms with Gasteiger partial charge in [-0.25, -0.2) is 4.98 Å². The smallest absolute Gasteiger partial charge is 0.262 e. The Kier molecular flexibility index (Phi) is 4.48. The zero-order valence-corrected chi connectivity index (χ0v) is 14.4. The van der Waals surface area contributed by atoms with Crippen LogP contribution in [0.1, 0.15) is 23.2 Å². The van der Waals surface area contributed by atoms with Crippen molar-refractivity contribution in [3.63, 3.8) is 0 Å². The van der Waals surface area contributed by atoms with E-state index in [1.807, 2.05) is 44.2 Å². The Bertz CT molecular complexity index is 896. The third-order valence-electron chi connectivity index (χ3n) is 3.81. The highest BCUT2D eigenvalue weighted by Crippen LogP contribution is 2.22. The summed E-state index contributed by atoms with van der Waals surface area (Å²) < 4.78 is 7.45. The molecule has 0 bridgehead atoms. The van der Waals surface area contributed by atoms with Gasteiger partial charge in [0.1, 0.15) is 23.0 Å². The third kappa shape index (κ3) is 3.29. The van der Waals surface area contributed by atoms with Crippen molar-refractivity contribution >= 4 is 21.6 Å². The van der Waals surface area contributed by atoms with E-state index in [-0.39, 0.29) is 5.56 Å². The molecule has 23 heavy (non-hydrogen) atoms. The van der Waals surface area contributed by atoms with Crippen molar-refractivity contribution in [1.82, 2.24) is 9.55 Å². The Morgan fingerprint density at radius 2 is 2.09 bits per heavy atom. The van der Waals surface area contributed by atoms with Crippen LogP contribution in [0.15, 0.2) is 35.1 Å². The molecule has 0 unspecified atom stereocenters. The summed E-state index contributed by atoms with van der Waals surface area (Å²) >= 11 is 1.60. The predicted molar refractivity (Wildman–Crippen MR) is 94.7 cm³/mol. The molecule has 0 atom stereocenters. The fourth-order valence-electron chi connectivity index (χ4n) is 2.56. The number of hydrogen-bond donors (Lipinski definition) is 0. The summed E-state index contributed by atoms with van der Waals surface area (Å²) in [6.45, 7) is 6.94. The van der Waals surface area contributed by atoms with E-state index < -0.39 is 0 Å². The van der Waals surface area contributed by atoms with E-state index in [0.29, 0.717) is 18.5 Å². The molecule has 5 heteroatoms. The second-order valence-corrected chi connectivity index (χ2v) is 6.68. The lowest BCUT2D eigenvalue weighted by Gasteiger charge is -2.11. The lowest BCUT2D eigenvalue weighted by Crippen LogP contribution is -2.26. The first kappa shape index (κ1) is 15.7. The van der Waals surface area contributed by atoms with Crippen LogP contribution in [0.2, 0.25) is 0 Å². The molecule has 0 N–H and O–H groups in total. The normalized spacial score (nSPS) is 11.1. The molecule has 3 aromatic rings. The van der Waals surface area contributed by atoms with Crippen molar-refractivity contribution < 1.29 is 4.74 Å². The first-order valence-corrected chi connectivity index (χ1v) is 8.59. The SMILES string of the molecule is CCc1cc2c(=O)n(CCOc3cccc(C)c3)c(C)nc2s1. The van der Waals surface area contributed by atoms with Gasteiger partial charge in [0.2, 0.25) is 0 Å². The zero-order valence-electron chi connectivity index (χ0n) is 13.6. The highest BCUT2D eigenvalue weighted by Gasteiger charge is 2.11. The van der Waals surface area contributed by atoms with Gasteiger partial charge in [0, 0.05) is 4.88 Å². The number of thiophene rings is 1. The number of ether oxygens (including phenoxy) is 1. The standard InChI is InChI=1S/C18H20N2O2S/c1-4-15-11-16-17(23-15)19-13(3)20(18(16)21)8-9-22-14-7-5-6-12(2)10-14/h5-7,10-11H,4,8-9H2,1-3H3. The molecule has 120 valence electrons. The number of hydrogen-bond acceptors (Lipinski definition) is 4. The molecule has 0 saturated heterocycles. The average Bonchev–Trinajstić information content (AvgIpc) is 2.94. The van der Waals surface area contributed by atoms with Crippen LogP contribution in [0, 0.1) is 13.8 Å². The topological polar surface area (TPSA) is 44.1 Å². The Hall–Kier alpha value is -2.14. The lowest BCUT2D eigenvalue weighted by atomic mass is 10.2. The van der Waals surface area contributed by atoms with E-state index in [9.17, 15) is 4.79 Å². The molecule has 4 nitrogen and oxygen atoms in total. The van der Waals surface area contributed by atoms with E-state index in [4.69, 9.17) is 4.74 Å². The number of nitrogens with zero attached hydrogens (tertiary/aromatic N) is 2. The maximum absolute atomic E-state index is 12.6. The second-order valence-electron chi connectivity index (χ2n) is 5.57. The molecule has 2 aromatic heterocycles. The predicted octanol–water partition coefficient (Wildman–Crippen LogP) is 3.72. The third-order valence-corrected chi connectivity index (χ3v) is 4.99. The number of benzene rings is 1. The van der Waals surface area contributed by atoms with Crippen LogP contribution in [-0.2, 0) is 13.0 Å². The van der Waals surface area contributed by atoms with Gasteiger partial charge in [-0.05, 0) is 44.0 Å². The summed E-state index contributed by atoms with van der Waals surface area (Å²) in [6.07, 6.45) is 0.927. The molecule has 1 aromatic carbocycles. The van der Waals surface area contributed by atoms with Crippen LogP contribution >= 0.6 is 11.3 Å². The van der Waals surface area contributed by atoms with E-state index in [2.05, 4.69) is 11.9 Å². The van der Waals surface area contributed by atoms with Crippen LogP contribution < -0.4 is 10.3 Å². The summed E-state index contributed by atoms with van der Waals surface area (Å²) in [7, 11) is 0. The molecule has 0 spiro atoms. The van der Waals surface area contributed by atoms with Crippen LogP contribution in [0.5, 0.6) is 5.75 Å². The van der Waals surface area contributed by atoms with Gasteiger partial charge < -0.3 is 4.74 Å². The van der Waals surface area contributed by atoms with Crippen molar-refractivity contribution in [2.45, 2.75) is 33.7 Å². The second kappa shape index (κ2) is 6.54. The van der Waals surface area contributed by atoms with E-state index in [1.165, 1.54) is 4.88 Å². The minimum atomic E-state index is 0.0243. The molecule has 2 heterocycles. The largest absolute Gasteiger partial charge is 0.492 e. The van der Waals surface area contributed by atoms with Crippen LogP contribution in [0.4, 0.5) is 0 Å². The molecule has 0 amide bonds. The minimum absolute atomic E-state index is 0.0243. The minimum Gasteiger partial charge on any atom is -0.492 e. The quantitative estimate of drug-likeness (QED) is 0.717. The highest BCUT2D eigenvalue weighted by atomic mass is 32.1. The van der Waals surface area contributed by atoms with Gasteiger partial charge in [-0.15, -0.1) is 11.3 Å². The van der Waals surface area contributed by atoms with Crippen LogP contribution in [-0.4, -0.2) is 16.2 Å². The molecule has 0 aliphatic heterocycles. The van der Waals surface area contributed by atoms with E-state index in [0.717, 1.165) is 28.4 Å². The fraction of sp³-hybridized carbons (Fsp3) is 0.333. The number of fused-ring (bicyclic) bond motifs is 1. The summed E-state index contributed by atoms with van der Waals surface area (Å²) in [5.74, 6) is 1.56. The first-order valence-electron chi connectivity index (χ1n) is 7.78. The van der Waals surface area contributed by atoms with Gasteiger partial charge >= 0.3 is 0 Å². The molecule has 0 fully saturated rings. The van der Waals surface area contributed by atoms with Gasteiger partial charge in [0.15, 0.2) is 0 Å². The Labute approximate surface area is 139 Å². The molecule has 0 aliphatic carbocycles. The fourth-order valence-corrected chi connectivity index (χ4v) is 3.57. The average molecular weight is 328 g/mol. The molecular weight excluding hydrogens is 308 g/mol. The summed E-state index contributed by atoms with van der Waals surface area (Å²) in [6, 6.07) is 9.88. The maximum atomic E-state index is 12.6. The summed E-state index contributed by atoms with van der Waals surface area (Å²) in [4.78, 5) is 19.2. The van der Waals surface area contributed by atoms with E-state index >= 15 is 0 Å².